The molecule has 3 aliphatic carbocycles. The van der Waals surface area contributed by atoms with E-state index in [0.717, 1.165) is 6.61 Å². The molecule has 2 bridgehead atoms. The second-order valence-corrected chi connectivity index (χ2v) is 13.3. The fraction of sp³-hybridized carbons (Fsp3) is 0.590. The fourth-order valence-corrected chi connectivity index (χ4v) is 6.69. The molecule has 4 atom stereocenters. The van der Waals surface area contributed by atoms with Gasteiger partial charge in [-0.2, -0.15) is 0 Å². The lowest BCUT2D eigenvalue weighted by molar-refractivity contribution is 0.0136. The number of methoxy groups -OCH3 is 2. The van der Waals surface area contributed by atoms with E-state index < -0.39 is 0 Å². The Labute approximate surface area is 281 Å². The Balaban J connectivity index is 0.000000240. The maximum absolute atomic E-state index is 11.8. The highest BCUT2D eigenvalue weighted by molar-refractivity contribution is 5.96. The molecule has 5 rings (SSSR count). The van der Waals surface area contributed by atoms with E-state index >= 15 is 0 Å². The van der Waals surface area contributed by atoms with Gasteiger partial charge in [0.05, 0.1) is 30.9 Å². The number of esters is 2. The molecule has 260 valence electrons. The Morgan fingerprint density at radius 2 is 1.02 bits per heavy atom. The number of ether oxygens (including phenoxy) is 4. The van der Waals surface area contributed by atoms with Crippen LogP contribution in [-0.4, -0.2) is 64.2 Å². The van der Waals surface area contributed by atoms with Crippen LogP contribution in [0.2, 0.25) is 0 Å². The zero-order valence-electron chi connectivity index (χ0n) is 29.8. The van der Waals surface area contributed by atoms with Gasteiger partial charge in [-0.05, 0) is 108 Å². The third-order valence-corrected chi connectivity index (χ3v) is 9.10. The summed E-state index contributed by atoms with van der Waals surface area (Å²) in [6.45, 7) is 12.6. The summed E-state index contributed by atoms with van der Waals surface area (Å²) in [7, 11) is 3.30. The van der Waals surface area contributed by atoms with Crippen molar-refractivity contribution in [3.05, 3.63) is 70.8 Å². The Hall–Kier alpha value is -3.36. The van der Waals surface area contributed by atoms with Crippen LogP contribution < -0.4 is 0 Å². The van der Waals surface area contributed by atoms with Gasteiger partial charge in [0.25, 0.3) is 0 Å². The molecule has 0 aromatic heterocycles. The van der Waals surface area contributed by atoms with Gasteiger partial charge in [-0.3, -0.25) is 9.59 Å². The molecule has 0 N–H and O–H groups in total. The fourth-order valence-electron chi connectivity index (χ4n) is 6.69. The molecule has 2 aromatic carbocycles. The van der Waals surface area contributed by atoms with Gasteiger partial charge in [0.2, 0.25) is 0 Å². The summed E-state index contributed by atoms with van der Waals surface area (Å²) in [5.74, 6) is 4.01. The van der Waals surface area contributed by atoms with Crippen molar-refractivity contribution in [1.29, 1.82) is 0 Å². The standard InChI is InChI=1S/C15H20O4.C11H12O3.C10H16.C3H8O/c1-11(16)12-5-7-13(8-6-12)14(17)19-10-15(2,3)9-18-4;1-3-14-11(13)10-6-4-9(5-7-10)8(2)12;1-2-9-7-4-5-8(6-7)10(9)3-1;1-3-4-2/h5-8H,9-10H2,1-4H3;4-7H,3H2,1-2H3;7-10H,1-6H2;3H2,1-2H3. The Kier molecular flexibility index (Phi) is 17.0. The summed E-state index contributed by atoms with van der Waals surface area (Å²) in [5, 5.41) is 0. The van der Waals surface area contributed by atoms with Crippen molar-refractivity contribution in [3.63, 3.8) is 0 Å². The molecule has 0 aliphatic heterocycles. The third-order valence-electron chi connectivity index (χ3n) is 9.10. The second kappa shape index (κ2) is 20.1. The minimum Gasteiger partial charge on any atom is -0.462 e. The molecule has 0 amide bonds. The minimum atomic E-state index is -0.390. The number of hydrogen-bond donors (Lipinski definition) is 0. The lowest BCUT2D eigenvalue weighted by Gasteiger charge is -2.23. The van der Waals surface area contributed by atoms with E-state index in [-0.39, 0.29) is 35.5 Å². The highest BCUT2D eigenvalue weighted by Gasteiger charge is 2.48. The van der Waals surface area contributed by atoms with Crippen LogP contribution in [0.15, 0.2) is 48.5 Å². The molecule has 4 unspecified atom stereocenters. The maximum Gasteiger partial charge on any atom is 0.338 e. The average Bonchev–Trinajstić information content (AvgIpc) is 3.82. The Morgan fingerprint density at radius 1 is 0.617 bits per heavy atom. The van der Waals surface area contributed by atoms with E-state index in [1.54, 1.807) is 108 Å². The highest BCUT2D eigenvalue weighted by Crippen LogP contribution is 2.58. The van der Waals surface area contributed by atoms with Crippen LogP contribution in [0.5, 0.6) is 0 Å². The van der Waals surface area contributed by atoms with Gasteiger partial charge >= 0.3 is 11.9 Å². The van der Waals surface area contributed by atoms with Gasteiger partial charge < -0.3 is 18.9 Å². The quantitative estimate of drug-likeness (QED) is 0.187. The smallest absolute Gasteiger partial charge is 0.338 e. The normalized spacial score (nSPS) is 20.3. The van der Waals surface area contributed by atoms with E-state index in [1.165, 1.54) is 37.5 Å². The molecular formula is C39H56O8. The summed E-state index contributed by atoms with van der Waals surface area (Å²) in [6, 6.07) is 12.9. The molecule has 8 nitrogen and oxygen atoms in total. The van der Waals surface area contributed by atoms with Gasteiger partial charge in [0.15, 0.2) is 11.6 Å². The van der Waals surface area contributed by atoms with Crippen molar-refractivity contribution in [2.24, 2.45) is 29.1 Å². The predicted molar refractivity (Wildman–Crippen MR) is 184 cm³/mol. The van der Waals surface area contributed by atoms with Gasteiger partial charge in [-0.1, -0.05) is 44.5 Å². The van der Waals surface area contributed by atoms with Crippen LogP contribution in [0.1, 0.15) is 121 Å². The van der Waals surface area contributed by atoms with E-state index in [4.69, 9.17) is 14.2 Å². The molecular weight excluding hydrogens is 596 g/mol. The largest absolute Gasteiger partial charge is 0.462 e. The van der Waals surface area contributed by atoms with E-state index in [1.807, 2.05) is 20.8 Å². The lowest BCUT2D eigenvalue weighted by Crippen LogP contribution is -2.26. The molecule has 3 fully saturated rings. The molecule has 0 heterocycles. The first-order chi connectivity index (χ1) is 22.4. The SMILES string of the molecule is C1CC2C3CCC(C3)C2C1.CCOC.CCOC(=O)c1ccc(C(C)=O)cc1.COCC(C)(C)COC(=O)c1ccc(C(C)=O)cc1. The van der Waals surface area contributed by atoms with Crippen LogP contribution in [0, 0.1) is 29.1 Å². The molecule has 2 aromatic rings. The zero-order chi connectivity index (χ0) is 35.0. The van der Waals surface area contributed by atoms with E-state index in [0.29, 0.717) is 35.5 Å². The number of ketones is 2. The van der Waals surface area contributed by atoms with Crippen molar-refractivity contribution >= 4 is 23.5 Å². The van der Waals surface area contributed by atoms with Gasteiger partial charge in [-0.25, -0.2) is 9.59 Å². The lowest BCUT2D eigenvalue weighted by atomic mass is 9.82. The zero-order valence-corrected chi connectivity index (χ0v) is 29.8. The first-order valence-electron chi connectivity index (χ1n) is 16.9. The molecule has 47 heavy (non-hydrogen) atoms. The first-order valence-corrected chi connectivity index (χ1v) is 16.9. The number of fused-ring (bicyclic) bond motifs is 5. The van der Waals surface area contributed by atoms with Crippen molar-refractivity contribution < 1.29 is 38.1 Å². The van der Waals surface area contributed by atoms with Gasteiger partial charge in [0, 0.05) is 37.4 Å². The molecule has 0 saturated heterocycles. The summed E-state index contributed by atoms with van der Waals surface area (Å²) in [6.07, 6.45) is 9.53. The maximum atomic E-state index is 11.8. The summed E-state index contributed by atoms with van der Waals surface area (Å²) >= 11 is 0. The molecule has 0 radical (unpaired) electrons. The van der Waals surface area contributed by atoms with E-state index in [2.05, 4.69) is 4.74 Å². The highest BCUT2D eigenvalue weighted by atomic mass is 16.5. The summed E-state index contributed by atoms with van der Waals surface area (Å²) < 4.78 is 19.6. The topological polar surface area (TPSA) is 105 Å². The summed E-state index contributed by atoms with van der Waals surface area (Å²) in [4.78, 5) is 45.1. The number of rotatable bonds is 10. The monoisotopic (exact) mass is 652 g/mol. The average molecular weight is 653 g/mol. The van der Waals surface area contributed by atoms with Crippen molar-refractivity contribution in [1.82, 2.24) is 0 Å². The number of Topliss-reactive ketones (excluding diaryl/α,β-unsaturated/α-hetero) is 2. The summed E-state index contributed by atoms with van der Waals surface area (Å²) in [5.41, 5.74) is 1.87. The Morgan fingerprint density at radius 3 is 1.38 bits per heavy atom. The number of carbonyl (C=O) groups is 4. The number of benzene rings is 2. The van der Waals surface area contributed by atoms with E-state index in [9.17, 15) is 19.2 Å². The third kappa shape index (κ3) is 13.0. The van der Waals surface area contributed by atoms with Crippen molar-refractivity contribution in [3.8, 4) is 0 Å². The van der Waals surface area contributed by atoms with Crippen molar-refractivity contribution in [2.45, 2.75) is 80.1 Å². The minimum absolute atomic E-state index is 0.0135. The van der Waals surface area contributed by atoms with Crippen LogP contribution >= 0.6 is 0 Å². The van der Waals surface area contributed by atoms with Crippen LogP contribution in [0.25, 0.3) is 0 Å². The van der Waals surface area contributed by atoms with Crippen LogP contribution in [0.4, 0.5) is 0 Å². The predicted octanol–water partition coefficient (Wildman–Crippen LogP) is 8.27. The second-order valence-electron chi connectivity index (χ2n) is 13.3. The Bertz CT molecular complexity index is 1250. The van der Waals surface area contributed by atoms with Crippen LogP contribution in [0.3, 0.4) is 0 Å². The molecule has 3 saturated carbocycles. The van der Waals surface area contributed by atoms with Crippen LogP contribution in [-0.2, 0) is 18.9 Å². The number of hydrogen-bond acceptors (Lipinski definition) is 8. The molecule has 0 spiro atoms. The molecule has 3 aliphatic rings. The van der Waals surface area contributed by atoms with Gasteiger partial charge in [-0.15, -0.1) is 0 Å². The number of carbonyl (C=O) groups excluding carboxylic acids is 4. The van der Waals surface area contributed by atoms with Crippen molar-refractivity contribution in [2.75, 3.05) is 40.6 Å². The first kappa shape index (κ1) is 39.8. The molecule has 8 heteroatoms. The van der Waals surface area contributed by atoms with Gasteiger partial charge in [0.1, 0.15) is 0 Å².